The second-order valence-electron chi connectivity index (χ2n) is 9.24. The number of amides is 1. The summed E-state index contributed by atoms with van der Waals surface area (Å²) in [5.74, 6) is 1.75. The summed E-state index contributed by atoms with van der Waals surface area (Å²) in [6.07, 6.45) is 11.3. The van der Waals surface area contributed by atoms with Crippen LogP contribution >= 0.6 is 0 Å². The van der Waals surface area contributed by atoms with E-state index in [4.69, 9.17) is 4.74 Å². The highest BCUT2D eigenvalue weighted by molar-refractivity contribution is 5.90. The van der Waals surface area contributed by atoms with E-state index in [9.17, 15) is 9.59 Å². The first kappa shape index (κ1) is 17.7. The Balaban J connectivity index is 1.18. The number of carbonyl (C=O) groups excluding carboxylic acids is 2. The fraction of sp³-hybridized carbons (Fsp3) is 0.591. The van der Waals surface area contributed by atoms with Crippen molar-refractivity contribution in [3.63, 3.8) is 0 Å². The van der Waals surface area contributed by atoms with E-state index in [0.29, 0.717) is 5.65 Å². The first-order valence-corrected chi connectivity index (χ1v) is 10.4. The van der Waals surface area contributed by atoms with Crippen molar-refractivity contribution < 1.29 is 14.3 Å². The normalized spacial score (nSPS) is 31.7. The monoisotopic (exact) mass is 381 g/mol. The molecule has 4 saturated carbocycles. The molecule has 4 bridgehead atoms. The van der Waals surface area contributed by atoms with Crippen LogP contribution in [-0.4, -0.2) is 33.9 Å². The summed E-state index contributed by atoms with van der Waals surface area (Å²) in [6.45, 7) is 1.87. The van der Waals surface area contributed by atoms with E-state index in [1.807, 2.05) is 24.4 Å². The van der Waals surface area contributed by atoms with Gasteiger partial charge in [0.05, 0.1) is 0 Å². The van der Waals surface area contributed by atoms with E-state index < -0.39 is 5.97 Å². The molecule has 1 amide bonds. The van der Waals surface area contributed by atoms with Gasteiger partial charge in [0.15, 0.2) is 12.3 Å². The molecule has 0 radical (unpaired) electrons. The smallest absolute Gasteiger partial charge is 0.359 e. The molecule has 6 heteroatoms. The largest absolute Gasteiger partial charge is 0.451 e. The van der Waals surface area contributed by atoms with Crippen molar-refractivity contribution in [3.8, 4) is 0 Å². The van der Waals surface area contributed by atoms with Crippen molar-refractivity contribution in [2.75, 3.05) is 6.61 Å². The van der Waals surface area contributed by atoms with Gasteiger partial charge in [-0.3, -0.25) is 4.79 Å². The standard InChI is InChI=1S/C22H27N3O3/c1-14(22-9-15-6-16(10-22)8-17(7-15)11-22)23-20(26)13-28-21(27)18-12-25-5-3-2-4-19(25)24-18/h2-5,12,14-17H,6-11,13H2,1H3,(H,23,26)/t14-,15?,16?,17?,22?/m1/s1. The first-order chi connectivity index (χ1) is 13.5. The average molecular weight is 381 g/mol. The summed E-state index contributed by atoms with van der Waals surface area (Å²) >= 11 is 0. The highest BCUT2D eigenvalue weighted by Crippen LogP contribution is 2.61. The summed E-state index contributed by atoms with van der Waals surface area (Å²) in [7, 11) is 0. The third kappa shape index (κ3) is 3.09. The second kappa shape index (κ2) is 6.61. The minimum absolute atomic E-state index is 0.127. The number of hydrogen-bond acceptors (Lipinski definition) is 4. The molecule has 4 aliphatic carbocycles. The molecular formula is C22H27N3O3. The number of rotatable bonds is 5. The van der Waals surface area contributed by atoms with Crippen LogP contribution in [0.25, 0.3) is 5.65 Å². The van der Waals surface area contributed by atoms with Crippen LogP contribution in [0.15, 0.2) is 30.6 Å². The predicted molar refractivity (Wildman–Crippen MR) is 104 cm³/mol. The molecule has 2 heterocycles. The van der Waals surface area contributed by atoms with Crippen LogP contribution in [0, 0.1) is 23.2 Å². The Hall–Kier alpha value is -2.37. The van der Waals surface area contributed by atoms with Gasteiger partial charge in [0.25, 0.3) is 5.91 Å². The van der Waals surface area contributed by atoms with E-state index in [2.05, 4.69) is 17.2 Å². The summed E-state index contributed by atoms with van der Waals surface area (Å²) < 4.78 is 6.97. The van der Waals surface area contributed by atoms with Crippen LogP contribution in [0.2, 0.25) is 0 Å². The fourth-order valence-corrected chi connectivity index (χ4v) is 6.38. The van der Waals surface area contributed by atoms with Gasteiger partial charge in [-0.2, -0.15) is 0 Å². The lowest BCUT2D eigenvalue weighted by atomic mass is 9.48. The van der Waals surface area contributed by atoms with Crippen LogP contribution < -0.4 is 5.32 Å². The topological polar surface area (TPSA) is 72.7 Å². The predicted octanol–water partition coefficient (Wildman–Crippen LogP) is 3.21. The van der Waals surface area contributed by atoms with Crippen LogP contribution in [0.4, 0.5) is 0 Å². The SMILES string of the molecule is C[C@@H](NC(=O)COC(=O)c1cn2ccccc2n1)C12CC3CC(CC(C3)C1)C2. The van der Waals surface area contributed by atoms with Crippen molar-refractivity contribution in [3.05, 3.63) is 36.3 Å². The third-order valence-corrected chi connectivity index (χ3v) is 7.29. The fourth-order valence-electron chi connectivity index (χ4n) is 6.38. The minimum atomic E-state index is -0.568. The van der Waals surface area contributed by atoms with E-state index in [1.165, 1.54) is 38.5 Å². The van der Waals surface area contributed by atoms with E-state index in [-0.39, 0.29) is 29.7 Å². The Kier molecular flexibility index (Phi) is 4.18. The molecule has 0 unspecified atom stereocenters. The number of pyridine rings is 1. The summed E-state index contributed by atoms with van der Waals surface area (Å²) in [4.78, 5) is 28.9. The van der Waals surface area contributed by atoms with Crippen LogP contribution in [-0.2, 0) is 9.53 Å². The number of fused-ring (bicyclic) bond motifs is 1. The highest BCUT2D eigenvalue weighted by Gasteiger charge is 2.53. The Morgan fingerprint density at radius 2 is 1.89 bits per heavy atom. The van der Waals surface area contributed by atoms with Crippen molar-refractivity contribution in [1.82, 2.24) is 14.7 Å². The quantitative estimate of drug-likeness (QED) is 0.807. The van der Waals surface area contributed by atoms with E-state index in [1.54, 1.807) is 10.6 Å². The maximum atomic E-state index is 12.4. The molecule has 1 N–H and O–H groups in total. The van der Waals surface area contributed by atoms with Gasteiger partial charge in [-0.1, -0.05) is 6.07 Å². The Labute approximate surface area is 164 Å². The molecule has 148 valence electrons. The van der Waals surface area contributed by atoms with Crippen molar-refractivity contribution in [1.29, 1.82) is 0 Å². The van der Waals surface area contributed by atoms with Crippen LogP contribution in [0.3, 0.4) is 0 Å². The number of carbonyl (C=O) groups is 2. The van der Waals surface area contributed by atoms with E-state index >= 15 is 0 Å². The molecule has 0 aromatic carbocycles. The zero-order valence-corrected chi connectivity index (χ0v) is 16.3. The molecule has 2 aromatic heterocycles. The molecule has 4 fully saturated rings. The van der Waals surface area contributed by atoms with Gasteiger partial charge in [-0.05, 0) is 80.8 Å². The number of hydrogen-bond donors (Lipinski definition) is 1. The van der Waals surface area contributed by atoms with Gasteiger partial charge in [-0.25, -0.2) is 9.78 Å². The number of nitrogens with one attached hydrogen (secondary N) is 1. The molecule has 2 aromatic rings. The molecular weight excluding hydrogens is 354 g/mol. The third-order valence-electron chi connectivity index (χ3n) is 7.29. The zero-order valence-electron chi connectivity index (χ0n) is 16.3. The average Bonchev–Trinajstić information content (AvgIpc) is 3.09. The maximum Gasteiger partial charge on any atom is 0.359 e. The van der Waals surface area contributed by atoms with Crippen LogP contribution in [0.5, 0.6) is 0 Å². The molecule has 0 aliphatic heterocycles. The van der Waals surface area contributed by atoms with Gasteiger partial charge in [0.2, 0.25) is 0 Å². The summed E-state index contributed by atoms with van der Waals surface area (Å²) in [5, 5.41) is 3.13. The number of esters is 1. The molecule has 6 rings (SSSR count). The summed E-state index contributed by atoms with van der Waals surface area (Å²) in [6, 6.07) is 5.67. The van der Waals surface area contributed by atoms with Gasteiger partial charge < -0.3 is 14.5 Å². The summed E-state index contributed by atoms with van der Waals surface area (Å²) in [5.41, 5.74) is 1.14. The lowest BCUT2D eigenvalue weighted by Crippen LogP contribution is -2.56. The minimum Gasteiger partial charge on any atom is -0.451 e. The Morgan fingerprint density at radius 1 is 1.21 bits per heavy atom. The number of nitrogens with zero attached hydrogens (tertiary/aromatic N) is 2. The maximum absolute atomic E-state index is 12.4. The van der Waals surface area contributed by atoms with Crippen molar-refractivity contribution in [2.45, 2.75) is 51.5 Å². The van der Waals surface area contributed by atoms with E-state index in [0.717, 1.165) is 17.8 Å². The van der Waals surface area contributed by atoms with Gasteiger partial charge >= 0.3 is 5.97 Å². The molecule has 28 heavy (non-hydrogen) atoms. The molecule has 0 spiro atoms. The molecule has 0 saturated heterocycles. The molecule has 4 aliphatic rings. The number of aromatic nitrogens is 2. The van der Waals surface area contributed by atoms with Gasteiger partial charge in [0, 0.05) is 18.4 Å². The van der Waals surface area contributed by atoms with Gasteiger partial charge in [-0.15, -0.1) is 0 Å². The highest BCUT2D eigenvalue weighted by atomic mass is 16.5. The number of imidazole rings is 1. The Bertz CT molecular complexity index is 850. The lowest BCUT2D eigenvalue weighted by molar-refractivity contribution is -0.128. The molecule has 6 nitrogen and oxygen atoms in total. The lowest BCUT2D eigenvalue weighted by Gasteiger charge is -2.59. The van der Waals surface area contributed by atoms with Crippen LogP contribution in [0.1, 0.15) is 55.9 Å². The van der Waals surface area contributed by atoms with Crippen molar-refractivity contribution >= 4 is 17.5 Å². The van der Waals surface area contributed by atoms with Crippen molar-refractivity contribution in [2.24, 2.45) is 23.2 Å². The molecule has 1 atom stereocenters. The zero-order chi connectivity index (χ0) is 19.3. The first-order valence-electron chi connectivity index (χ1n) is 10.4. The Morgan fingerprint density at radius 3 is 2.54 bits per heavy atom. The second-order valence-corrected chi connectivity index (χ2v) is 9.24. The van der Waals surface area contributed by atoms with Gasteiger partial charge in [0.1, 0.15) is 5.65 Å². The number of ether oxygens (including phenoxy) is 1.